The van der Waals surface area contributed by atoms with Crippen molar-refractivity contribution in [1.29, 1.82) is 5.26 Å². The number of pyridine rings is 1. The maximum atomic E-state index is 12.8. The minimum absolute atomic E-state index is 0.115. The van der Waals surface area contributed by atoms with E-state index < -0.39 is 23.6 Å². The summed E-state index contributed by atoms with van der Waals surface area (Å²) in [6.45, 7) is 0. The zero-order chi connectivity index (χ0) is 10.7. The normalized spacial score (nSPS) is 10.2. The molecule has 0 bridgehead atoms. The lowest BCUT2D eigenvalue weighted by atomic mass is 10.1. The number of hydrogen-bond acceptors (Lipinski definition) is 3. The summed E-state index contributed by atoms with van der Waals surface area (Å²) in [5, 5.41) is 8.33. The Morgan fingerprint density at radius 1 is 1.57 bits per heavy atom. The van der Waals surface area contributed by atoms with E-state index >= 15 is 0 Å². The second-order valence-electron chi connectivity index (χ2n) is 2.54. The van der Waals surface area contributed by atoms with Crippen LogP contribution in [0.25, 0.3) is 0 Å². The number of rotatable bonds is 2. The lowest BCUT2D eigenvalue weighted by molar-refractivity contribution is 0.146. The predicted molar refractivity (Wildman–Crippen MR) is 42.9 cm³/mol. The summed E-state index contributed by atoms with van der Waals surface area (Å²) < 4.78 is 37.3. The highest BCUT2D eigenvalue weighted by Gasteiger charge is 2.20. The van der Waals surface area contributed by atoms with Crippen molar-refractivity contribution in [1.82, 2.24) is 4.98 Å². The molecule has 0 aliphatic carbocycles. The van der Waals surface area contributed by atoms with Crippen molar-refractivity contribution < 1.29 is 13.2 Å². The minimum Gasteiger partial charge on any atom is -0.398 e. The quantitative estimate of drug-likeness (QED) is 0.742. The highest BCUT2D eigenvalue weighted by Crippen LogP contribution is 2.29. The van der Waals surface area contributed by atoms with Gasteiger partial charge in [-0.2, -0.15) is 9.65 Å². The molecule has 1 heterocycles. The zero-order valence-corrected chi connectivity index (χ0v) is 6.97. The lowest BCUT2D eigenvalue weighted by Crippen LogP contribution is -2.05. The molecule has 0 aliphatic rings. The van der Waals surface area contributed by atoms with E-state index in [-0.39, 0.29) is 12.0 Å². The van der Waals surface area contributed by atoms with E-state index in [9.17, 15) is 13.2 Å². The van der Waals surface area contributed by atoms with Crippen LogP contribution in [0, 0.1) is 17.3 Å². The van der Waals surface area contributed by atoms with Crippen molar-refractivity contribution in [3.05, 3.63) is 23.3 Å². The topological polar surface area (TPSA) is 62.7 Å². The summed E-state index contributed by atoms with van der Waals surface area (Å²) in [5.74, 6) is -1.29. The van der Waals surface area contributed by atoms with Crippen molar-refractivity contribution in [3.63, 3.8) is 0 Å². The molecule has 0 fully saturated rings. The Labute approximate surface area is 78.0 Å². The number of nitrogen functional groups attached to an aromatic ring is 1. The van der Waals surface area contributed by atoms with Crippen LogP contribution in [0.4, 0.5) is 18.9 Å². The van der Waals surface area contributed by atoms with Gasteiger partial charge in [0.25, 0.3) is 6.43 Å². The number of aromatic nitrogens is 1. The molecule has 2 N–H and O–H groups in total. The molecule has 0 radical (unpaired) electrons. The van der Waals surface area contributed by atoms with E-state index in [1.54, 1.807) is 6.07 Å². The van der Waals surface area contributed by atoms with Crippen LogP contribution in [-0.4, -0.2) is 4.98 Å². The van der Waals surface area contributed by atoms with Crippen LogP contribution in [0.1, 0.15) is 17.6 Å². The average Bonchev–Trinajstić information content (AvgIpc) is 2.10. The fourth-order valence-corrected chi connectivity index (χ4v) is 0.991. The largest absolute Gasteiger partial charge is 0.398 e. The van der Waals surface area contributed by atoms with Gasteiger partial charge in [0.1, 0.15) is 0 Å². The monoisotopic (exact) mass is 201 g/mol. The van der Waals surface area contributed by atoms with Crippen molar-refractivity contribution in [2.45, 2.75) is 12.8 Å². The van der Waals surface area contributed by atoms with Gasteiger partial charge in [-0.15, -0.1) is 0 Å². The van der Waals surface area contributed by atoms with Gasteiger partial charge in [0, 0.05) is 11.8 Å². The molecule has 0 aromatic carbocycles. The molecule has 0 aliphatic heterocycles. The van der Waals surface area contributed by atoms with Gasteiger partial charge in [-0.25, -0.2) is 13.8 Å². The standard InChI is InChI=1S/C8H6F3N3/c9-7(10)5-6(13)4(1-2-12)3-14-8(5)11/h3,7H,1H2,(H2,13,14). The second kappa shape index (κ2) is 3.96. The number of halogens is 3. The van der Waals surface area contributed by atoms with E-state index in [2.05, 4.69) is 4.98 Å². The van der Waals surface area contributed by atoms with Crippen LogP contribution in [0.5, 0.6) is 0 Å². The Bertz CT molecular complexity index is 384. The van der Waals surface area contributed by atoms with Gasteiger partial charge >= 0.3 is 0 Å². The van der Waals surface area contributed by atoms with Crippen LogP contribution < -0.4 is 5.73 Å². The third kappa shape index (κ3) is 1.76. The summed E-state index contributed by atoms with van der Waals surface area (Å²) in [5.41, 5.74) is 4.05. The second-order valence-corrected chi connectivity index (χ2v) is 2.54. The molecule has 14 heavy (non-hydrogen) atoms. The van der Waals surface area contributed by atoms with Crippen LogP contribution in [0.15, 0.2) is 6.20 Å². The molecule has 1 aromatic heterocycles. The van der Waals surface area contributed by atoms with E-state index in [1.807, 2.05) is 0 Å². The number of alkyl halides is 2. The SMILES string of the molecule is N#CCc1cnc(F)c(C(F)F)c1N. The Hall–Kier alpha value is -1.77. The molecule has 0 saturated carbocycles. The molecule has 0 unspecified atom stereocenters. The number of nitrogens with zero attached hydrogens (tertiary/aromatic N) is 2. The first-order valence-corrected chi connectivity index (χ1v) is 3.65. The number of hydrogen-bond donors (Lipinski definition) is 1. The predicted octanol–water partition coefficient (Wildman–Crippen LogP) is 1.81. The molecule has 3 nitrogen and oxygen atoms in total. The lowest BCUT2D eigenvalue weighted by Gasteiger charge is -2.07. The van der Waals surface area contributed by atoms with Crippen molar-refractivity contribution >= 4 is 5.69 Å². The van der Waals surface area contributed by atoms with Gasteiger partial charge in [-0.05, 0) is 0 Å². The first-order chi connectivity index (χ1) is 6.57. The van der Waals surface area contributed by atoms with E-state index in [0.717, 1.165) is 6.20 Å². The molecular formula is C8H6F3N3. The molecule has 74 valence electrons. The first kappa shape index (κ1) is 10.3. The van der Waals surface area contributed by atoms with Crippen molar-refractivity contribution in [2.75, 3.05) is 5.73 Å². The van der Waals surface area contributed by atoms with Gasteiger partial charge in [0.2, 0.25) is 5.95 Å². The Morgan fingerprint density at radius 2 is 2.21 bits per heavy atom. The molecular weight excluding hydrogens is 195 g/mol. The third-order valence-electron chi connectivity index (χ3n) is 1.68. The fraction of sp³-hybridized carbons (Fsp3) is 0.250. The van der Waals surface area contributed by atoms with Crippen LogP contribution >= 0.6 is 0 Å². The highest BCUT2D eigenvalue weighted by atomic mass is 19.3. The van der Waals surface area contributed by atoms with E-state index in [1.165, 1.54) is 0 Å². The molecule has 1 aromatic rings. The van der Waals surface area contributed by atoms with E-state index in [4.69, 9.17) is 11.0 Å². The summed E-state index contributed by atoms with van der Waals surface area (Å²) in [4.78, 5) is 3.10. The minimum atomic E-state index is -3.03. The number of nitrogens with two attached hydrogens (primary N) is 1. The van der Waals surface area contributed by atoms with Crippen LogP contribution in [0.3, 0.4) is 0 Å². The van der Waals surface area contributed by atoms with Gasteiger partial charge < -0.3 is 5.73 Å². The summed E-state index contributed by atoms with van der Waals surface area (Å²) in [6, 6.07) is 1.72. The summed E-state index contributed by atoms with van der Waals surface area (Å²) in [6.07, 6.45) is -2.21. The van der Waals surface area contributed by atoms with Gasteiger partial charge in [0.15, 0.2) is 0 Å². The van der Waals surface area contributed by atoms with Gasteiger partial charge in [-0.1, -0.05) is 0 Å². The first-order valence-electron chi connectivity index (χ1n) is 3.65. The molecule has 0 saturated heterocycles. The Kier molecular flexibility index (Phi) is 2.92. The smallest absolute Gasteiger partial charge is 0.270 e. The number of nitriles is 1. The third-order valence-corrected chi connectivity index (χ3v) is 1.68. The maximum absolute atomic E-state index is 12.8. The van der Waals surface area contributed by atoms with Crippen molar-refractivity contribution in [3.8, 4) is 6.07 Å². The zero-order valence-electron chi connectivity index (χ0n) is 6.97. The summed E-state index contributed by atoms with van der Waals surface area (Å²) in [7, 11) is 0. The highest BCUT2D eigenvalue weighted by molar-refractivity contribution is 5.53. The van der Waals surface area contributed by atoms with Gasteiger partial charge in [-0.3, -0.25) is 0 Å². The van der Waals surface area contributed by atoms with Crippen LogP contribution in [0.2, 0.25) is 0 Å². The maximum Gasteiger partial charge on any atom is 0.270 e. The number of anilines is 1. The molecule has 0 atom stereocenters. The molecule has 0 amide bonds. The molecule has 0 spiro atoms. The summed E-state index contributed by atoms with van der Waals surface area (Å²) >= 11 is 0. The Balaban J connectivity index is 3.28. The van der Waals surface area contributed by atoms with E-state index in [0.29, 0.717) is 0 Å². The molecule has 6 heteroatoms. The van der Waals surface area contributed by atoms with Crippen molar-refractivity contribution in [2.24, 2.45) is 0 Å². The average molecular weight is 201 g/mol. The Morgan fingerprint density at radius 3 is 2.71 bits per heavy atom. The van der Waals surface area contributed by atoms with Crippen LogP contribution in [-0.2, 0) is 6.42 Å². The molecule has 1 rings (SSSR count). The fourth-order valence-electron chi connectivity index (χ4n) is 0.991. The van der Waals surface area contributed by atoms with Gasteiger partial charge in [0.05, 0.1) is 23.7 Å².